The van der Waals surface area contributed by atoms with E-state index in [0.29, 0.717) is 0 Å². The van der Waals surface area contributed by atoms with Crippen LogP contribution in [0.2, 0.25) is 5.02 Å². The van der Waals surface area contributed by atoms with Crippen LogP contribution < -0.4 is 10.1 Å². The monoisotopic (exact) mass is 413 g/mol. The van der Waals surface area contributed by atoms with Crippen molar-refractivity contribution in [2.24, 2.45) is 0 Å². The Kier molecular flexibility index (Phi) is 4.72. The summed E-state index contributed by atoms with van der Waals surface area (Å²) < 4.78 is 6.67. The Morgan fingerprint density at radius 1 is 1.24 bits per heavy atom. The number of hydrogen-bond acceptors (Lipinski definition) is 2. The summed E-state index contributed by atoms with van der Waals surface area (Å²) >= 11 is 8.54. The van der Waals surface area contributed by atoms with Crippen LogP contribution in [-0.2, 0) is 6.42 Å². The number of fused-ring (bicyclic) bond motifs is 1. The molecule has 0 saturated carbocycles. The fraction of sp³-hybridized carbons (Fsp3) is 0.294. The van der Waals surface area contributed by atoms with E-state index < -0.39 is 0 Å². The van der Waals surface area contributed by atoms with Crippen molar-refractivity contribution in [3.8, 4) is 5.75 Å². The number of nitrogens with one attached hydrogen (secondary N) is 1. The van der Waals surface area contributed by atoms with Crippen molar-refractivity contribution < 1.29 is 4.74 Å². The molecule has 0 radical (unpaired) electrons. The largest absolute Gasteiger partial charge is 0.493 e. The zero-order valence-electron chi connectivity index (χ0n) is 11.8. The molecule has 0 fully saturated rings. The Bertz CT molecular complexity index is 659. The second-order valence-electron chi connectivity index (χ2n) is 5.13. The van der Waals surface area contributed by atoms with Crippen molar-refractivity contribution in [1.29, 1.82) is 0 Å². The highest BCUT2D eigenvalue weighted by molar-refractivity contribution is 14.1. The highest BCUT2D eigenvalue weighted by Gasteiger charge is 2.18. The maximum absolute atomic E-state index is 6.28. The number of hydrogen-bond donors (Lipinski definition) is 1. The molecule has 0 spiro atoms. The van der Waals surface area contributed by atoms with Gasteiger partial charge in [-0.2, -0.15) is 0 Å². The fourth-order valence-corrected chi connectivity index (χ4v) is 3.23. The first-order valence-electron chi connectivity index (χ1n) is 7.13. The van der Waals surface area contributed by atoms with Crippen molar-refractivity contribution in [3.63, 3.8) is 0 Å². The van der Waals surface area contributed by atoms with Gasteiger partial charge in [-0.1, -0.05) is 36.7 Å². The Labute approximate surface area is 144 Å². The molecular weight excluding hydrogens is 397 g/mol. The highest BCUT2D eigenvalue weighted by Crippen LogP contribution is 2.32. The SMILES string of the molecule is CCNC(c1ccc(I)c(Cl)c1)c1ccc2c(c1)CCO2. The van der Waals surface area contributed by atoms with Crippen molar-refractivity contribution in [2.75, 3.05) is 13.2 Å². The normalized spacial score (nSPS) is 14.6. The van der Waals surface area contributed by atoms with E-state index >= 15 is 0 Å². The second-order valence-corrected chi connectivity index (χ2v) is 6.70. The molecule has 1 N–H and O–H groups in total. The lowest BCUT2D eigenvalue weighted by atomic mass is 9.96. The first-order valence-corrected chi connectivity index (χ1v) is 8.58. The summed E-state index contributed by atoms with van der Waals surface area (Å²) in [6.07, 6.45) is 0.995. The summed E-state index contributed by atoms with van der Waals surface area (Å²) in [5.74, 6) is 1.02. The van der Waals surface area contributed by atoms with Crippen molar-refractivity contribution in [3.05, 3.63) is 61.7 Å². The zero-order chi connectivity index (χ0) is 14.8. The van der Waals surface area contributed by atoms with Crippen LogP contribution in [-0.4, -0.2) is 13.2 Å². The predicted molar refractivity (Wildman–Crippen MR) is 95.3 cm³/mol. The molecule has 0 aromatic heterocycles. The van der Waals surface area contributed by atoms with Crippen LogP contribution >= 0.6 is 34.2 Å². The van der Waals surface area contributed by atoms with Gasteiger partial charge in [-0.3, -0.25) is 0 Å². The van der Waals surface area contributed by atoms with Gasteiger partial charge >= 0.3 is 0 Å². The molecule has 3 rings (SSSR count). The third-order valence-electron chi connectivity index (χ3n) is 3.73. The van der Waals surface area contributed by atoms with Gasteiger partial charge in [0.05, 0.1) is 17.7 Å². The summed E-state index contributed by atoms with van der Waals surface area (Å²) in [6.45, 7) is 3.82. The van der Waals surface area contributed by atoms with E-state index in [-0.39, 0.29) is 6.04 Å². The molecule has 0 amide bonds. The summed E-state index contributed by atoms with van der Waals surface area (Å²) in [7, 11) is 0. The number of ether oxygens (including phenoxy) is 1. The van der Waals surface area contributed by atoms with E-state index in [1.807, 2.05) is 0 Å². The minimum Gasteiger partial charge on any atom is -0.493 e. The first-order chi connectivity index (χ1) is 10.2. The molecule has 21 heavy (non-hydrogen) atoms. The first kappa shape index (κ1) is 15.1. The van der Waals surface area contributed by atoms with Gasteiger partial charge in [0.2, 0.25) is 0 Å². The van der Waals surface area contributed by atoms with Gasteiger partial charge in [-0.15, -0.1) is 0 Å². The lowest BCUT2D eigenvalue weighted by Crippen LogP contribution is -2.22. The Morgan fingerprint density at radius 3 is 2.76 bits per heavy atom. The molecule has 1 heterocycles. The molecule has 1 aliphatic heterocycles. The average Bonchev–Trinajstić information content (AvgIpc) is 2.95. The summed E-state index contributed by atoms with van der Waals surface area (Å²) in [5, 5.41) is 4.36. The molecule has 0 aliphatic carbocycles. The van der Waals surface area contributed by atoms with Gasteiger partial charge in [0, 0.05) is 9.99 Å². The summed E-state index contributed by atoms with van der Waals surface area (Å²) in [4.78, 5) is 0. The molecule has 4 heteroatoms. The van der Waals surface area contributed by atoms with Crippen LogP contribution in [0.4, 0.5) is 0 Å². The van der Waals surface area contributed by atoms with Crippen LogP contribution in [0.5, 0.6) is 5.75 Å². The Balaban J connectivity index is 1.99. The molecule has 2 aromatic rings. The topological polar surface area (TPSA) is 21.3 Å². The van der Waals surface area contributed by atoms with Crippen LogP contribution in [0.1, 0.15) is 29.7 Å². The molecule has 2 nitrogen and oxygen atoms in total. The molecule has 110 valence electrons. The lowest BCUT2D eigenvalue weighted by molar-refractivity contribution is 0.357. The van der Waals surface area contributed by atoms with Gasteiger partial charge < -0.3 is 10.1 Å². The molecule has 2 aromatic carbocycles. The number of benzene rings is 2. The van der Waals surface area contributed by atoms with E-state index in [1.165, 1.54) is 16.7 Å². The van der Waals surface area contributed by atoms with Crippen LogP contribution in [0.15, 0.2) is 36.4 Å². The van der Waals surface area contributed by atoms with Crippen molar-refractivity contribution in [2.45, 2.75) is 19.4 Å². The Hall–Kier alpha value is -0.780. The van der Waals surface area contributed by atoms with E-state index in [2.05, 4.69) is 71.2 Å². The zero-order valence-corrected chi connectivity index (χ0v) is 14.7. The van der Waals surface area contributed by atoms with E-state index in [9.17, 15) is 0 Å². The lowest BCUT2D eigenvalue weighted by Gasteiger charge is -2.20. The summed E-state index contributed by atoms with van der Waals surface area (Å²) in [5.41, 5.74) is 3.76. The van der Waals surface area contributed by atoms with Crippen molar-refractivity contribution in [1.82, 2.24) is 5.32 Å². The van der Waals surface area contributed by atoms with E-state index in [0.717, 1.165) is 33.9 Å². The van der Waals surface area contributed by atoms with Crippen LogP contribution in [0.3, 0.4) is 0 Å². The third kappa shape index (κ3) is 3.20. The van der Waals surface area contributed by atoms with E-state index in [4.69, 9.17) is 16.3 Å². The van der Waals surface area contributed by atoms with Gasteiger partial charge in [-0.25, -0.2) is 0 Å². The van der Waals surface area contributed by atoms with Crippen LogP contribution in [0.25, 0.3) is 0 Å². The van der Waals surface area contributed by atoms with Gasteiger partial charge in [0.15, 0.2) is 0 Å². The number of halogens is 2. The molecular formula is C17H17ClINO. The third-order valence-corrected chi connectivity index (χ3v) is 5.30. The fourth-order valence-electron chi connectivity index (χ4n) is 2.71. The standard InChI is InChI=1S/C17H17ClINO/c1-2-20-17(13-3-5-15(19)14(18)10-13)12-4-6-16-11(9-12)7-8-21-16/h3-6,9-10,17,20H,2,7-8H2,1H3. The van der Waals surface area contributed by atoms with Gasteiger partial charge in [-0.05, 0) is 64.0 Å². The molecule has 0 saturated heterocycles. The van der Waals surface area contributed by atoms with E-state index in [1.54, 1.807) is 0 Å². The molecule has 0 bridgehead atoms. The maximum atomic E-state index is 6.28. The van der Waals surface area contributed by atoms with Crippen LogP contribution in [0, 0.1) is 3.57 Å². The van der Waals surface area contributed by atoms with Gasteiger partial charge in [0.25, 0.3) is 0 Å². The average molecular weight is 414 g/mol. The Morgan fingerprint density at radius 2 is 2.00 bits per heavy atom. The predicted octanol–water partition coefficient (Wildman–Crippen LogP) is 4.58. The summed E-state index contributed by atoms with van der Waals surface area (Å²) in [6, 6.07) is 12.9. The van der Waals surface area contributed by atoms with Gasteiger partial charge in [0.1, 0.15) is 5.75 Å². The molecule has 1 atom stereocenters. The second kappa shape index (κ2) is 6.55. The quantitative estimate of drug-likeness (QED) is 0.741. The minimum atomic E-state index is 0.162. The minimum absolute atomic E-state index is 0.162. The molecule has 1 unspecified atom stereocenters. The number of rotatable bonds is 4. The molecule has 1 aliphatic rings. The smallest absolute Gasteiger partial charge is 0.122 e. The maximum Gasteiger partial charge on any atom is 0.122 e. The highest BCUT2D eigenvalue weighted by atomic mass is 127. The van der Waals surface area contributed by atoms with Crippen molar-refractivity contribution >= 4 is 34.2 Å².